The highest BCUT2D eigenvalue weighted by molar-refractivity contribution is 6.03. The predicted octanol–water partition coefficient (Wildman–Crippen LogP) is 6.53. The Morgan fingerprint density at radius 2 is 1.57 bits per heavy atom. The van der Waals surface area contributed by atoms with Crippen molar-refractivity contribution in [3.8, 4) is 0 Å². The molecule has 2 N–H and O–H groups in total. The van der Waals surface area contributed by atoms with Crippen molar-refractivity contribution in [2.24, 2.45) is 0 Å². The smallest absolute Gasteiger partial charge is 0.417 e. The van der Waals surface area contributed by atoms with Crippen LogP contribution in [0.3, 0.4) is 0 Å². The summed E-state index contributed by atoms with van der Waals surface area (Å²) in [5.74, 6) is -1.69. The number of nitrogens with one attached hydrogen (secondary N) is 2. The molecule has 47 heavy (non-hydrogen) atoms. The number of benzene rings is 2. The summed E-state index contributed by atoms with van der Waals surface area (Å²) in [7, 11) is 0. The van der Waals surface area contributed by atoms with E-state index < -0.39 is 35.4 Å². The van der Waals surface area contributed by atoms with Crippen LogP contribution in [0.5, 0.6) is 0 Å². The van der Waals surface area contributed by atoms with Crippen molar-refractivity contribution in [1.29, 1.82) is 0 Å². The number of aryl methyl sites for hydroxylation is 1. The number of amides is 3. The molecule has 4 heterocycles. The van der Waals surface area contributed by atoms with E-state index in [0.717, 1.165) is 5.56 Å². The molecule has 2 aliphatic rings. The molecule has 0 radical (unpaired) electrons. The number of hydrogen-bond donors (Lipinski definition) is 2. The van der Waals surface area contributed by atoms with Crippen molar-refractivity contribution >= 4 is 35.1 Å². The number of para-hydroxylation sites is 1. The SMILES string of the molecule is Cc1ccc(C2CCN(c3nc(C(F)(F)F)c(C(=O)Nc4ccc(N5CCN(C(=O)Nc6ccccc6F)CC5)nc4)o3)CC2)cc1. The van der Waals surface area contributed by atoms with Gasteiger partial charge in [0.25, 0.3) is 11.9 Å². The molecule has 0 unspecified atom stereocenters. The van der Waals surface area contributed by atoms with Gasteiger partial charge in [-0.25, -0.2) is 14.2 Å². The van der Waals surface area contributed by atoms with E-state index in [1.165, 1.54) is 36.0 Å². The number of carbonyl (C=O) groups excluding carboxylic acids is 2. The Morgan fingerprint density at radius 1 is 0.872 bits per heavy atom. The maximum Gasteiger partial charge on any atom is 0.437 e. The molecule has 0 atom stereocenters. The lowest BCUT2D eigenvalue weighted by molar-refractivity contribution is -0.141. The first-order chi connectivity index (χ1) is 22.5. The van der Waals surface area contributed by atoms with Crippen LogP contribution in [0.25, 0.3) is 0 Å². The summed E-state index contributed by atoms with van der Waals surface area (Å²) in [5.41, 5.74) is 1.23. The highest BCUT2D eigenvalue weighted by Crippen LogP contribution is 2.36. The van der Waals surface area contributed by atoms with E-state index >= 15 is 0 Å². The second-order valence-corrected chi connectivity index (χ2v) is 11.6. The molecule has 0 aliphatic carbocycles. The van der Waals surface area contributed by atoms with Crippen molar-refractivity contribution in [2.75, 3.05) is 59.7 Å². The van der Waals surface area contributed by atoms with Crippen LogP contribution in [0.4, 0.5) is 45.6 Å². The molecule has 4 aromatic rings. The Morgan fingerprint density at radius 3 is 2.21 bits per heavy atom. The molecule has 10 nitrogen and oxygen atoms in total. The van der Waals surface area contributed by atoms with Crippen LogP contribution in [0.2, 0.25) is 0 Å². The standard InChI is InChI=1S/C33H33F4N7O3/c1-21-6-8-22(9-7-21)23-12-14-44(15-13-23)32-41-29(33(35,36)37)28(47-32)30(45)39-24-10-11-27(38-20-24)42-16-18-43(19-17-42)31(46)40-26-5-3-2-4-25(26)34/h2-11,20,23H,12-19H2,1H3,(H,39,45)(H,40,46). The summed E-state index contributed by atoms with van der Waals surface area (Å²) in [5, 5.41) is 5.00. The zero-order chi connectivity index (χ0) is 33.1. The first-order valence-corrected chi connectivity index (χ1v) is 15.3. The molecule has 2 aliphatic heterocycles. The van der Waals surface area contributed by atoms with Crippen molar-refractivity contribution in [1.82, 2.24) is 14.9 Å². The molecule has 6 rings (SSSR count). The minimum absolute atomic E-state index is 0.0988. The van der Waals surface area contributed by atoms with Crippen LogP contribution in [0, 0.1) is 12.7 Å². The molecule has 3 amide bonds. The van der Waals surface area contributed by atoms with Gasteiger partial charge in [0.2, 0.25) is 5.76 Å². The fourth-order valence-corrected chi connectivity index (χ4v) is 5.76. The molecule has 14 heteroatoms. The number of rotatable bonds is 6. The van der Waals surface area contributed by atoms with E-state index in [1.807, 2.05) is 24.0 Å². The van der Waals surface area contributed by atoms with Crippen LogP contribution in [-0.2, 0) is 6.18 Å². The number of urea groups is 1. The normalized spacial score (nSPS) is 15.9. The Balaban J connectivity index is 1.05. The van der Waals surface area contributed by atoms with Gasteiger partial charge in [0, 0.05) is 39.3 Å². The predicted molar refractivity (Wildman–Crippen MR) is 168 cm³/mol. The van der Waals surface area contributed by atoms with Crippen molar-refractivity contribution < 1.29 is 31.6 Å². The molecule has 0 saturated carbocycles. The largest absolute Gasteiger partial charge is 0.437 e. The third-order valence-corrected chi connectivity index (χ3v) is 8.42. The van der Waals surface area contributed by atoms with Gasteiger partial charge in [0.1, 0.15) is 11.6 Å². The number of piperazine rings is 1. The summed E-state index contributed by atoms with van der Waals surface area (Å²) in [4.78, 5) is 38.8. The summed E-state index contributed by atoms with van der Waals surface area (Å²) < 4.78 is 61.1. The Labute approximate surface area is 268 Å². The van der Waals surface area contributed by atoms with Crippen molar-refractivity contribution in [3.05, 3.63) is 95.3 Å². The lowest BCUT2D eigenvalue weighted by atomic mass is 9.89. The average molecular weight is 652 g/mol. The second kappa shape index (κ2) is 13.3. The quantitative estimate of drug-likeness (QED) is 0.229. The summed E-state index contributed by atoms with van der Waals surface area (Å²) in [6.45, 7) is 4.50. The molecule has 2 fully saturated rings. The highest BCUT2D eigenvalue weighted by atomic mass is 19.4. The number of oxazole rings is 1. The third-order valence-electron chi connectivity index (χ3n) is 8.42. The monoisotopic (exact) mass is 651 g/mol. The van der Waals surface area contributed by atoms with Crippen LogP contribution in [0.1, 0.15) is 46.1 Å². The van der Waals surface area contributed by atoms with Gasteiger partial charge in [-0.1, -0.05) is 42.0 Å². The average Bonchev–Trinajstić information content (AvgIpc) is 3.54. The van der Waals surface area contributed by atoms with Gasteiger partial charge < -0.3 is 29.8 Å². The van der Waals surface area contributed by atoms with E-state index in [0.29, 0.717) is 57.9 Å². The fraction of sp³-hybridized carbons (Fsp3) is 0.333. The van der Waals surface area contributed by atoms with Crippen LogP contribution in [-0.4, -0.2) is 66.1 Å². The minimum Gasteiger partial charge on any atom is -0.417 e. The van der Waals surface area contributed by atoms with Crippen molar-refractivity contribution in [3.63, 3.8) is 0 Å². The third kappa shape index (κ3) is 7.31. The number of nitrogens with zero attached hydrogens (tertiary/aromatic N) is 5. The number of piperidine rings is 1. The second-order valence-electron chi connectivity index (χ2n) is 11.6. The fourth-order valence-electron chi connectivity index (χ4n) is 5.76. The summed E-state index contributed by atoms with van der Waals surface area (Å²) >= 11 is 0. The van der Waals surface area contributed by atoms with E-state index in [2.05, 4.69) is 32.7 Å². The molecule has 0 spiro atoms. The summed E-state index contributed by atoms with van der Waals surface area (Å²) in [6, 6.07) is 16.6. The highest BCUT2D eigenvalue weighted by Gasteiger charge is 2.42. The number of anilines is 4. The van der Waals surface area contributed by atoms with Gasteiger partial charge in [-0.2, -0.15) is 18.2 Å². The molecular weight excluding hydrogens is 618 g/mol. The number of alkyl halides is 3. The van der Waals surface area contributed by atoms with Gasteiger partial charge in [-0.3, -0.25) is 4.79 Å². The zero-order valence-corrected chi connectivity index (χ0v) is 25.6. The molecule has 2 saturated heterocycles. The minimum atomic E-state index is -4.90. The number of halogens is 4. The van der Waals surface area contributed by atoms with E-state index in [1.54, 1.807) is 21.9 Å². The van der Waals surface area contributed by atoms with Gasteiger partial charge in [-0.05, 0) is 55.5 Å². The zero-order valence-electron chi connectivity index (χ0n) is 25.6. The van der Waals surface area contributed by atoms with E-state index in [-0.39, 0.29) is 23.3 Å². The van der Waals surface area contributed by atoms with E-state index in [9.17, 15) is 27.2 Å². The molecular formula is C33H33F4N7O3. The Kier molecular flexibility index (Phi) is 9.01. The van der Waals surface area contributed by atoms with E-state index in [4.69, 9.17) is 4.42 Å². The number of pyridine rings is 1. The molecule has 2 aromatic heterocycles. The Hall–Kier alpha value is -5.14. The Bertz CT molecular complexity index is 1710. The van der Waals surface area contributed by atoms with Gasteiger partial charge in [0.05, 0.1) is 17.6 Å². The van der Waals surface area contributed by atoms with Crippen LogP contribution in [0.15, 0.2) is 71.3 Å². The number of hydrogen-bond acceptors (Lipinski definition) is 7. The maximum absolute atomic E-state index is 13.9. The first kappa shape index (κ1) is 31.8. The molecule has 246 valence electrons. The molecule has 2 aromatic carbocycles. The first-order valence-electron chi connectivity index (χ1n) is 15.3. The van der Waals surface area contributed by atoms with Crippen LogP contribution < -0.4 is 20.4 Å². The van der Waals surface area contributed by atoms with Gasteiger partial charge in [-0.15, -0.1) is 0 Å². The number of aromatic nitrogens is 2. The van der Waals surface area contributed by atoms with Crippen molar-refractivity contribution in [2.45, 2.75) is 31.9 Å². The maximum atomic E-state index is 13.9. The lowest BCUT2D eigenvalue weighted by Crippen LogP contribution is -2.50. The lowest BCUT2D eigenvalue weighted by Gasteiger charge is -2.35. The van der Waals surface area contributed by atoms with Gasteiger partial charge >= 0.3 is 12.2 Å². The topological polar surface area (TPSA) is 107 Å². The number of carbonyl (C=O) groups is 2. The van der Waals surface area contributed by atoms with Crippen LogP contribution >= 0.6 is 0 Å². The van der Waals surface area contributed by atoms with Gasteiger partial charge in [0.15, 0.2) is 5.69 Å². The summed E-state index contributed by atoms with van der Waals surface area (Å²) in [6.07, 6.45) is -2.14. The molecule has 0 bridgehead atoms.